The van der Waals surface area contributed by atoms with Crippen molar-refractivity contribution in [1.82, 2.24) is 15.2 Å². The second-order valence-electron chi connectivity index (χ2n) is 7.00. The molecular weight excluding hydrogens is 397 g/mol. The van der Waals surface area contributed by atoms with Crippen molar-refractivity contribution in [2.24, 2.45) is 0 Å². The molecule has 2 N–H and O–H groups in total. The Bertz CT molecular complexity index is 977. The molecule has 7 nitrogen and oxygen atoms in total. The number of hydrazine groups is 1. The number of aryl methyl sites for hydroxylation is 1. The van der Waals surface area contributed by atoms with Crippen LogP contribution >= 0.6 is 0 Å². The molecule has 0 bridgehead atoms. The quantitative estimate of drug-likeness (QED) is 0.634. The molecule has 1 saturated heterocycles. The number of halogens is 1. The maximum absolute atomic E-state index is 14.5. The van der Waals surface area contributed by atoms with E-state index in [0.29, 0.717) is 37.4 Å². The van der Waals surface area contributed by atoms with E-state index in [4.69, 9.17) is 4.74 Å². The van der Waals surface area contributed by atoms with Crippen molar-refractivity contribution in [2.75, 3.05) is 33.4 Å². The molecule has 9 heteroatoms. The fourth-order valence-electron chi connectivity index (χ4n) is 3.12. The van der Waals surface area contributed by atoms with Crippen LogP contribution in [0.25, 0.3) is 11.1 Å². The largest absolute Gasteiger partial charge is 0.383 e. The van der Waals surface area contributed by atoms with E-state index in [1.165, 1.54) is 6.07 Å². The van der Waals surface area contributed by atoms with Gasteiger partial charge in [-0.25, -0.2) is 12.8 Å². The summed E-state index contributed by atoms with van der Waals surface area (Å²) in [5, 5.41) is -0.637. The summed E-state index contributed by atoms with van der Waals surface area (Å²) in [4.78, 5) is 16.5. The van der Waals surface area contributed by atoms with Crippen molar-refractivity contribution in [3.8, 4) is 11.1 Å². The molecule has 1 heterocycles. The number of sulfonamides is 1. The standard InChI is InChI=1S/C20H24FN3O4S/c1-14-10-16(15-6-4-3-5-7-15)11-18(19(14)21)20(25)22-23-29(26,27)17-12-24(13-17)8-9-28-2/h3-7,10-11,17,23H,8-9,12-13H2,1-2H3,(H,22,25). The van der Waals surface area contributed by atoms with Crippen molar-refractivity contribution in [1.29, 1.82) is 0 Å². The Hall–Kier alpha value is -2.33. The van der Waals surface area contributed by atoms with Crippen LogP contribution in [0.3, 0.4) is 0 Å². The predicted molar refractivity (Wildman–Crippen MR) is 108 cm³/mol. The molecule has 1 amide bonds. The van der Waals surface area contributed by atoms with E-state index < -0.39 is 27.0 Å². The summed E-state index contributed by atoms with van der Waals surface area (Å²) >= 11 is 0. The smallest absolute Gasteiger partial charge is 0.269 e. The van der Waals surface area contributed by atoms with Crippen molar-refractivity contribution in [3.05, 3.63) is 59.4 Å². The number of carbonyl (C=O) groups excluding carboxylic acids is 1. The van der Waals surface area contributed by atoms with E-state index in [2.05, 4.69) is 10.3 Å². The van der Waals surface area contributed by atoms with E-state index in [-0.39, 0.29) is 5.56 Å². The highest BCUT2D eigenvalue weighted by molar-refractivity contribution is 7.90. The molecular formula is C20H24FN3O4S. The number of carbonyl (C=O) groups is 1. The number of nitrogens with zero attached hydrogens (tertiary/aromatic N) is 1. The molecule has 0 saturated carbocycles. The summed E-state index contributed by atoms with van der Waals surface area (Å²) in [6.07, 6.45) is 0. The van der Waals surface area contributed by atoms with Gasteiger partial charge >= 0.3 is 0 Å². The lowest BCUT2D eigenvalue weighted by Crippen LogP contribution is -2.60. The minimum Gasteiger partial charge on any atom is -0.383 e. The van der Waals surface area contributed by atoms with Crippen molar-refractivity contribution >= 4 is 15.9 Å². The van der Waals surface area contributed by atoms with Gasteiger partial charge in [0.05, 0.1) is 12.2 Å². The number of nitrogens with one attached hydrogen (secondary N) is 2. The summed E-state index contributed by atoms with van der Waals surface area (Å²) in [5.41, 5.74) is 3.71. The van der Waals surface area contributed by atoms with Crippen molar-refractivity contribution in [3.63, 3.8) is 0 Å². The van der Waals surface area contributed by atoms with Crippen LogP contribution in [0.5, 0.6) is 0 Å². The second-order valence-corrected chi connectivity index (χ2v) is 8.96. The minimum atomic E-state index is -3.76. The number of ether oxygens (including phenoxy) is 1. The van der Waals surface area contributed by atoms with E-state index in [1.54, 1.807) is 20.1 Å². The van der Waals surface area contributed by atoms with Crippen LogP contribution in [0.1, 0.15) is 15.9 Å². The zero-order chi connectivity index (χ0) is 21.0. The highest BCUT2D eigenvalue weighted by Crippen LogP contribution is 2.24. The van der Waals surface area contributed by atoms with Gasteiger partial charge < -0.3 is 4.74 Å². The Kier molecular flexibility index (Phi) is 6.63. The van der Waals surface area contributed by atoms with Crippen LogP contribution in [-0.2, 0) is 14.8 Å². The fraction of sp³-hybridized carbons (Fsp3) is 0.350. The maximum atomic E-state index is 14.5. The van der Waals surface area contributed by atoms with Gasteiger partial charge in [0, 0.05) is 26.7 Å². The zero-order valence-corrected chi connectivity index (χ0v) is 17.1. The van der Waals surface area contributed by atoms with Gasteiger partial charge in [-0.05, 0) is 35.7 Å². The summed E-state index contributed by atoms with van der Waals surface area (Å²) in [7, 11) is -2.17. The fourth-order valence-corrected chi connectivity index (χ4v) is 4.34. The lowest BCUT2D eigenvalue weighted by molar-refractivity contribution is 0.0938. The molecule has 29 heavy (non-hydrogen) atoms. The van der Waals surface area contributed by atoms with Gasteiger partial charge in [-0.2, -0.15) is 0 Å². The van der Waals surface area contributed by atoms with Crippen LogP contribution in [0.2, 0.25) is 0 Å². The summed E-state index contributed by atoms with van der Waals surface area (Å²) in [6, 6.07) is 12.3. The Morgan fingerprint density at radius 1 is 1.21 bits per heavy atom. The van der Waals surface area contributed by atoms with Crippen molar-refractivity contribution < 1.29 is 22.3 Å². The lowest BCUT2D eigenvalue weighted by atomic mass is 9.99. The number of hydrogen-bond donors (Lipinski definition) is 2. The normalized spacial score (nSPS) is 15.1. The molecule has 0 aliphatic carbocycles. The molecule has 2 aromatic rings. The highest BCUT2D eigenvalue weighted by atomic mass is 32.2. The van der Waals surface area contributed by atoms with Gasteiger partial charge in [0.1, 0.15) is 11.1 Å². The first-order valence-corrected chi connectivity index (χ1v) is 10.7. The minimum absolute atomic E-state index is 0.220. The van der Waals surface area contributed by atoms with Gasteiger partial charge in [-0.3, -0.25) is 15.1 Å². The molecule has 3 rings (SSSR count). The average molecular weight is 421 g/mol. The van der Waals surface area contributed by atoms with Crippen LogP contribution in [0.4, 0.5) is 4.39 Å². The molecule has 0 unspecified atom stereocenters. The SMILES string of the molecule is COCCN1CC(S(=O)(=O)NNC(=O)c2cc(-c3ccccc3)cc(C)c2F)C1. The Morgan fingerprint density at radius 2 is 1.90 bits per heavy atom. The molecule has 1 aliphatic heterocycles. The van der Waals surface area contributed by atoms with Gasteiger partial charge in [-0.1, -0.05) is 30.3 Å². The maximum Gasteiger partial charge on any atom is 0.269 e. The molecule has 0 radical (unpaired) electrons. The van der Waals surface area contributed by atoms with E-state index >= 15 is 0 Å². The molecule has 2 aromatic carbocycles. The Balaban J connectivity index is 1.67. The van der Waals surface area contributed by atoms with E-state index in [9.17, 15) is 17.6 Å². The Labute approximate surface area is 169 Å². The summed E-state index contributed by atoms with van der Waals surface area (Å²) in [5.74, 6) is -1.53. The lowest BCUT2D eigenvalue weighted by Gasteiger charge is -2.38. The molecule has 0 aromatic heterocycles. The zero-order valence-electron chi connectivity index (χ0n) is 16.3. The highest BCUT2D eigenvalue weighted by Gasteiger charge is 2.37. The van der Waals surface area contributed by atoms with Gasteiger partial charge in [0.15, 0.2) is 0 Å². The third-order valence-electron chi connectivity index (χ3n) is 4.89. The number of rotatable bonds is 8. The second kappa shape index (κ2) is 9.00. The van der Waals surface area contributed by atoms with Crippen LogP contribution < -0.4 is 10.3 Å². The summed E-state index contributed by atoms with van der Waals surface area (Å²) in [6.45, 7) is 3.43. The number of hydrogen-bond acceptors (Lipinski definition) is 5. The monoisotopic (exact) mass is 421 g/mol. The third-order valence-corrected chi connectivity index (χ3v) is 6.45. The average Bonchev–Trinajstić information content (AvgIpc) is 2.67. The number of methoxy groups -OCH3 is 1. The molecule has 156 valence electrons. The van der Waals surface area contributed by atoms with Crippen LogP contribution in [0, 0.1) is 12.7 Å². The van der Waals surface area contributed by atoms with Gasteiger partial charge in [0.25, 0.3) is 5.91 Å². The molecule has 0 atom stereocenters. The van der Waals surface area contributed by atoms with E-state index in [1.807, 2.05) is 35.2 Å². The first-order valence-electron chi connectivity index (χ1n) is 9.19. The van der Waals surface area contributed by atoms with E-state index in [0.717, 1.165) is 5.56 Å². The topological polar surface area (TPSA) is 87.7 Å². The Morgan fingerprint density at radius 3 is 2.55 bits per heavy atom. The van der Waals surface area contributed by atoms with Gasteiger partial charge in [0.2, 0.25) is 10.0 Å². The first kappa shape index (κ1) is 21.4. The number of amides is 1. The number of benzene rings is 2. The predicted octanol–water partition coefficient (Wildman–Crippen LogP) is 1.70. The van der Waals surface area contributed by atoms with Crippen LogP contribution in [0.15, 0.2) is 42.5 Å². The summed E-state index contributed by atoms with van der Waals surface area (Å²) < 4.78 is 44.1. The molecule has 1 aliphatic rings. The first-order chi connectivity index (χ1) is 13.8. The molecule has 1 fully saturated rings. The van der Waals surface area contributed by atoms with Gasteiger partial charge in [-0.15, -0.1) is 4.83 Å². The third kappa shape index (κ3) is 4.99. The number of likely N-dealkylation sites (tertiary alicyclic amines) is 1. The van der Waals surface area contributed by atoms with Crippen LogP contribution in [-0.4, -0.2) is 57.8 Å². The molecule has 0 spiro atoms. The van der Waals surface area contributed by atoms with Crippen molar-refractivity contribution in [2.45, 2.75) is 12.2 Å².